The van der Waals surface area contributed by atoms with E-state index in [9.17, 15) is 5.26 Å². The molecule has 5 aromatic carbocycles. The van der Waals surface area contributed by atoms with E-state index in [1.54, 1.807) is 0 Å². The molecule has 5 heteroatoms. The summed E-state index contributed by atoms with van der Waals surface area (Å²) in [7, 11) is 0. The van der Waals surface area contributed by atoms with Crippen molar-refractivity contribution in [2.24, 2.45) is 0 Å². The standard InChI is InChI=1S/C58H66BN3O/c1-34-26-36(53(2,3)4)16-20-45(34)62-48-28-35(33-60)27-47-51(48)59(50-39-29-37(54(5,6)7)17-21-49(39)63-52(50)62)44-31-42-43(58(14,15)25-24-57(42,12)13)32-46(44)61(47)38-18-19-40-41(30-38)56(10,11)23-22-55(40,8)9/h16-21,26-32H,22-25H2,1-15H3. The molecule has 0 unspecified atom stereocenters. The van der Waals surface area contributed by atoms with Gasteiger partial charge in [-0.2, -0.15) is 5.26 Å². The van der Waals surface area contributed by atoms with Crippen molar-refractivity contribution in [1.82, 2.24) is 0 Å². The summed E-state index contributed by atoms with van der Waals surface area (Å²) in [6.45, 7) is 35.3. The zero-order valence-electron chi connectivity index (χ0n) is 40.7. The number of fused-ring (bicyclic) bond motifs is 8. The van der Waals surface area contributed by atoms with Crippen LogP contribution in [0.4, 0.5) is 34.3 Å². The molecule has 0 bridgehead atoms. The zero-order chi connectivity index (χ0) is 45.1. The average molecular weight is 832 g/mol. The Morgan fingerprint density at radius 1 is 0.556 bits per heavy atom. The number of nitrogens with zero attached hydrogens (tertiary/aromatic N) is 3. The molecule has 2 aliphatic carbocycles. The van der Waals surface area contributed by atoms with Gasteiger partial charge in [-0.15, -0.1) is 0 Å². The van der Waals surface area contributed by atoms with E-state index in [1.807, 2.05) is 0 Å². The van der Waals surface area contributed by atoms with Gasteiger partial charge in [-0.3, -0.25) is 4.90 Å². The molecular weight excluding hydrogens is 765 g/mol. The van der Waals surface area contributed by atoms with E-state index in [4.69, 9.17) is 4.42 Å². The third-order valence-corrected chi connectivity index (χ3v) is 16.1. The summed E-state index contributed by atoms with van der Waals surface area (Å²) in [6, 6.07) is 33.2. The molecule has 63 heavy (non-hydrogen) atoms. The SMILES string of the molecule is Cc1cc(C(C)(C)C)ccc1N1c2cc(C#N)cc3c2B(c2cc4c(cc2N3c2ccc3c(c2)C(C)(C)CCC3(C)C)C(C)(C)CCC4(C)C)c2c1oc1ccc(C(C)(C)C)cc21. The molecule has 0 amide bonds. The first-order valence-electron chi connectivity index (χ1n) is 23.5. The average Bonchev–Trinajstić information content (AvgIpc) is 3.59. The van der Waals surface area contributed by atoms with Crippen molar-refractivity contribution in [2.45, 2.75) is 162 Å². The molecule has 2 aliphatic heterocycles. The van der Waals surface area contributed by atoms with Crippen LogP contribution in [-0.4, -0.2) is 6.71 Å². The third-order valence-electron chi connectivity index (χ3n) is 16.1. The molecule has 0 atom stereocenters. The molecule has 0 saturated heterocycles. The highest BCUT2D eigenvalue weighted by Crippen LogP contribution is 2.53. The van der Waals surface area contributed by atoms with Crippen LogP contribution in [0.1, 0.15) is 167 Å². The number of anilines is 6. The maximum atomic E-state index is 11.0. The van der Waals surface area contributed by atoms with E-state index in [2.05, 4.69) is 199 Å². The molecule has 4 aliphatic rings. The lowest BCUT2D eigenvalue weighted by molar-refractivity contribution is 0.332. The maximum Gasteiger partial charge on any atom is 0.257 e. The van der Waals surface area contributed by atoms with Crippen molar-refractivity contribution in [3.63, 3.8) is 0 Å². The van der Waals surface area contributed by atoms with Crippen molar-refractivity contribution in [3.8, 4) is 6.07 Å². The summed E-state index contributed by atoms with van der Waals surface area (Å²) < 4.78 is 7.25. The first-order valence-corrected chi connectivity index (χ1v) is 23.5. The molecule has 1 aromatic heterocycles. The Morgan fingerprint density at radius 3 is 1.68 bits per heavy atom. The number of nitriles is 1. The molecule has 0 radical (unpaired) electrons. The molecule has 0 spiro atoms. The van der Waals surface area contributed by atoms with Crippen molar-refractivity contribution in [3.05, 3.63) is 123 Å². The van der Waals surface area contributed by atoms with Crippen molar-refractivity contribution in [2.75, 3.05) is 9.80 Å². The number of benzene rings is 5. The van der Waals surface area contributed by atoms with E-state index in [1.165, 1.54) is 67.4 Å². The molecule has 0 fully saturated rings. The van der Waals surface area contributed by atoms with Crippen LogP contribution in [0.15, 0.2) is 83.3 Å². The molecular formula is C58H66BN3O. The normalized spacial score (nSPS) is 18.9. The highest BCUT2D eigenvalue weighted by molar-refractivity contribution is 7.01. The van der Waals surface area contributed by atoms with Gasteiger partial charge in [0.2, 0.25) is 5.88 Å². The van der Waals surface area contributed by atoms with Crippen LogP contribution < -0.4 is 26.2 Å². The molecule has 3 heterocycles. The zero-order valence-corrected chi connectivity index (χ0v) is 40.7. The number of rotatable bonds is 2. The minimum atomic E-state index is -0.134. The molecule has 322 valence electrons. The van der Waals surface area contributed by atoms with Gasteiger partial charge in [0.25, 0.3) is 6.71 Å². The van der Waals surface area contributed by atoms with Crippen molar-refractivity contribution < 1.29 is 4.42 Å². The van der Waals surface area contributed by atoms with Gasteiger partial charge in [-0.1, -0.05) is 127 Å². The summed E-state index contributed by atoms with van der Waals surface area (Å²) >= 11 is 0. The van der Waals surface area contributed by atoms with Crippen LogP contribution >= 0.6 is 0 Å². The van der Waals surface area contributed by atoms with E-state index in [0.29, 0.717) is 5.56 Å². The van der Waals surface area contributed by atoms with Gasteiger partial charge in [0.1, 0.15) is 5.58 Å². The molecule has 0 N–H and O–H groups in total. The van der Waals surface area contributed by atoms with E-state index in [0.717, 1.165) is 58.9 Å². The largest absolute Gasteiger partial charge is 0.440 e. The Bertz CT molecular complexity index is 2970. The van der Waals surface area contributed by atoms with Crippen LogP contribution in [0.3, 0.4) is 0 Å². The van der Waals surface area contributed by atoms with E-state index in [-0.39, 0.29) is 39.2 Å². The quantitative estimate of drug-likeness (QED) is 0.163. The molecule has 6 aromatic rings. The van der Waals surface area contributed by atoms with Crippen molar-refractivity contribution in [1.29, 1.82) is 5.26 Å². The summed E-state index contributed by atoms with van der Waals surface area (Å²) in [5.41, 5.74) is 20.3. The van der Waals surface area contributed by atoms with Gasteiger partial charge in [-0.05, 0) is 163 Å². The predicted octanol–water partition coefficient (Wildman–Crippen LogP) is 14.0. The number of hydrogen-bond donors (Lipinski definition) is 0. The third kappa shape index (κ3) is 6.20. The lowest BCUT2D eigenvalue weighted by Gasteiger charge is -2.47. The number of hydrogen-bond acceptors (Lipinski definition) is 4. The number of aryl methyl sites for hydroxylation is 1. The fourth-order valence-electron chi connectivity index (χ4n) is 11.7. The summed E-state index contributed by atoms with van der Waals surface area (Å²) in [4.78, 5) is 4.90. The predicted molar refractivity (Wildman–Crippen MR) is 268 cm³/mol. The Morgan fingerprint density at radius 2 is 1.10 bits per heavy atom. The van der Waals surface area contributed by atoms with Gasteiger partial charge in [0.05, 0.1) is 17.3 Å². The first-order chi connectivity index (χ1) is 29.3. The van der Waals surface area contributed by atoms with Gasteiger partial charge >= 0.3 is 0 Å². The molecule has 10 rings (SSSR count). The second-order valence-electron chi connectivity index (χ2n) is 24.4. The summed E-state index contributed by atoms with van der Waals surface area (Å²) in [5, 5.41) is 12.2. The van der Waals surface area contributed by atoms with E-state index < -0.39 is 0 Å². The Labute approximate surface area is 377 Å². The van der Waals surface area contributed by atoms with Gasteiger partial charge in [0, 0.05) is 33.6 Å². The maximum absolute atomic E-state index is 11.0. The fraction of sp³-hybridized carbons (Fsp3) is 0.431. The minimum absolute atomic E-state index is 0.00256. The highest BCUT2D eigenvalue weighted by atomic mass is 16.4. The Hall–Kier alpha value is -5.21. The first kappa shape index (κ1) is 41.8. The Kier molecular flexibility index (Phi) is 8.75. The van der Waals surface area contributed by atoms with Crippen molar-refractivity contribution >= 4 is 68.4 Å². The minimum Gasteiger partial charge on any atom is -0.440 e. The second kappa shape index (κ2) is 13.2. The number of furan rings is 1. The molecule has 4 nitrogen and oxygen atoms in total. The highest BCUT2D eigenvalue weighted by Gasteiger charge is 2.49. The van der Waals surface area contributed by atoms with Crippen LogP contribution in [0.2, 0.25) is 0 Å². The van der Waals surface area contributed by atoms with Crippen LogP contribution in [-0.2, 0) is 32.5 Å². The van der Waals surface area contributed by atoms with Gasteiger partial charge in [-0.25, -0.2) is 0 Å². The smallest absolute Gasteiger partial charge is 0.257 e. The van der Waals surface area contributed by atoms with Gasteiger partial charge < -0.3 is 9.32 Å². The van der Waals surface area contributed by atoms with E-state index >= 15 is 0 Å². The lowest BCUT2D eigenvalue weighted by atomic mass is 9.33. The van der Waals surface area contributed by atoms with Crippen LogP contribution in [0.5, 0.6) is 0 Å². The van der Waals surface area contributed by atoms with Gasteiger partial charge in [0.15, 0.2) is 0 Å². The van der Waals surface area contributed by atoms with Crippen LogP contribution in [0.25, 0.3) is 11.0 Å². The monoisotopic (exact) mass is 832 g/mol. The van der Waals surface area contributed by atoms with Crippen LogP contribution in [0, 0.1) is 18.3 Å². The summed E-state index contributed by atoms with van der Waals surface area (Å²) in [6.07, 6.45) is 4.57. The Balaban J connectivity index is 1.36. The lowest BCUT2D eigenvalue weighted by Crippen LogP contribution is -2.61. The molecule has 0 saturated carbocycles. The fourth-order valence-corrected chi connectivity index (χ4v) is 11.7. The second-order valence-corrected chi connectivity index (χ2v) is 24.4. The topological polar surface area (TPSA) is 43.4 Å². The summed E-state index contributed by atoms with van der Waals surface area (Å²) in [5.74, 6) is 0.843.